The molecule has 11 heteroatoms. The molecule has 3 aromatic rings. The predicted octanol–water partition coefficient (Wildman–Crippen LogP) is 4.95. The lowest BCUT2D eigenvalue weighted by atomic mass is 9.84. The average molecular weight is 491 g/mol. The number of aryl methyl sites for hydroxylation is 1. The molecule has 0 unspecified atom stereocenters. The van der Waals surface area contributed by atoms with Crippen LogP contribution in [0.25, 0.3) is 22.5 Å². The summed E-state index contributed by atoms with van der Waals surface area (Å²) in [4.78, 5) is 16.2. The number of nitrogens with zero attached hydrogens (tertiary/aromatic N) is 3. The van der Waals surface area contributed by atoms with E-state index in [4.69, 9.17) is 9.40 Å². The standard InChI is InChI=1S/C24H29F3N6O2/c1-13-9-18(21-32-33-22(35-21)30-14-5-6-19(34)29-12-14)31-20-16(13)10-15(11-17(20)23(2,3)4)28-8-7-24(25,26)27/h9-11,14,28H,5-8,12H2,1-4H3,(H,29,34)(H,30,33)/t14-/m0/s1. The van der Waals surface area contributed by atoms with E-state index in [2.05, 4.69) is 26.1 Å². The molecule has 1 atom stereocenters. The van der Waals surface area contributed by atoms with E-state index in [9.17, 15) is 18.0 Å². The van der Waals surface area contributed by atoms with Gasteiger partial charge in [0, 0.05) is 36.6 Å². The van der Waals surface area contributed by atoms with Gasteiger partial charge in [0.2, 0.25) is 5.91 Å². The number of nitrogens with one attached hydrogen (secondary N) is 3. The van der Waals surface area contributed by atoms with Gasteiger partial charge in [-0.3, -0.25) is 4.79 Å². The number of alkyl halides is 3. The number of rotatable bonds is 6. The Morgan fingerprint density at radius 3 is 2.60 bits per heavy atom. The molecule has 8 nitrogen and oxygen atoms in total. The van der Waals surface area contributed by atoms with E-state index in [1.807, 2.05) is 45.9 Å². The number of hydrogen-bond acceptors (Lipinski definition) is 7. The third-order valence-corrected chi connectivity index (χ3v) is 5.90. The highest BCUT2D eigenvalue weighted by Crippen LogP contribution is 2.35. The number of carbonyl (C=O) groups excluding carboxylic acids is 1. The van der Waals surface area contributed by atoms with E-state index < -0.39 is 12.6 Å². The molecule has 1 fully saturated rings. The van der Waals surface area contributed by atoms with Crippen molar-refractivity contribution in [2.24, 2.45) is 0 Å². The summed E-state index contributed by atoms with van der Waals surface area (Å²) in [5, 5.41) is 17.9. The molecule has 4 rings (SSSR count). The number of amides is 1. The van der Waals surface area contributed by atoms with Crippen molar-refractivity contribution >= 4 is 28.5 Å². The Labute approximate surface area is 201 Å². The van der Waals surface area contributed by atoms with Crippen molar-refractivity contribution in [2.75, 3.05) is 23.7 Å². The van der Waals surface area contributed by atoms with Gasteiger partial charge in [-0.25, -0.2) is 4.98 Å². The zero-order valence-corrected chi connectivity index (χ0v) is 20.1. The van der Waals surface area contributed by atoms with Gasteiger partial charge in [-0.2, -0.15) is 13.2 Å². The van der Waals surface area contributed by atoms with Crippen LogP contribution in [-0.4, -0.2) is 46.4 Å². The molecule has 0 radical (unpaired) electrons. The lowest BCUT2D eigenvalue weighted by Crippen LogP contribution is -2.41. The quantitative estimate of drug-likeness (QED) is 0.449. The van der Waals surface area contributed by atoms with Crippen LogP contribution in [0.5, 0.6) is 0 Å². The highest BCUT2D eigenvalue weighted by Gasteiger charge is 2.27. The van der Waals surface area contributed by atoms with Crippen LogP contribution in [0.3, 0.4) is 0 Å². The second kappa shape index (κ2) is 9.35. The summed E-state index contributed by atoms with van der Waals surface area (Å²) in [6.45, 7) is 8.29. The molecule has 35 heavy (non-hydrogen) atoms. The molecule has 0 aliphatic carbocycles. The minimum atomic E-state index is -4.22. The molecule has 1 saturated heterocycles. The third kappa shape index (κ3) is 6.01. The third-order valence-electron chi connectivity index (χ3n) is 5.90. The number of fused-ring (bicyclic) bond motifs is 1. The van der Waals surface area contributed by atoms with Gasteiger partial charge in [0.05, 0.1) is 11.9 Å². The van der Waals surface area contributed by atoms with E-state index in [1.54, 1.807) is 0 Å². The van der Waals surface area contributed by atoms with Gasteiger partial charge in [0.15, 0.2) is 0 Å². The molecular weight excluding hydrogens is 461 g/mol. The topological polar surface area (TPSA) is 105 Å². The fraction of sp³-hybridized carbons (Fsp3) is 0.500. The molecule has 188 valence electrons. The summed E-state index contributed by atoms with van der Waals surface area (Å²) >= 11 is 0. The molecule has 1 aliphatic heterocycles. The molecule has 3 N–H and O–H groups in total. The average Bonchev–Trinajstić information content (AvgIpc) is 3.22. The second-order valence-electron chi connectivity index (χ2n) is 9.88. The van der Waals surface area contributed by atoms with Crippen molar-refractivity contribution in [1.82, 2.24) is 20.5 Å². The van der Waals surface area contributed by atoms with Crippen LogP contribution in [0.4, 0.5) is 24.9 Å². The number of pyridine rings is 1. The van der Waals surface area contributed by atoms with E-state index in [0.717, 1.165) is 22.0 Å². The SMILES string of the molecule is Cc1cc(-c2nnc(N[C@H]3CCC(=O)NC3)o2)nc2c(C(C)(C)C)cc(NCCC(F)(F)F)cc12. The predicted molar refractivity (Wildman–Crippen MR) is 127 cm³/mol. The zero-order chi connectivity index (χ0) is 25.4. The molecule has 3 heterocycles. The Balaban J connectivity index is 1.64. The van der Waals surface area contributed by atoms with Gasteiger partial charge < -0.3 is 20.4 Å². The van der Waals surface area contributed by atoms with Crippen LogP contribution in [0, 0.1) is 6.92 Å². The maximum atomic E-state index is 12.6. The van der Waals surface area contributed by atoms with Gasteiger partial charge in [-0.05, 0) is 48.1 Å². The summed E-state index contributed by atoms with van der Waals surface area (Å²) < 4.78 is 43.6. The summed E-state index contributed by atoms with van der Waals surface area (Å²) in [6, 6.07) is 5.76. The molecular formula is C24H29F3N6O2. The van der Waals surface area contributed by atoms with E-state index in [-0.39, 0.29) is 35.8 Å². The number of hydrogen-bond donors (Lipinski definition) is 3. The van der Waals surface area contributed by atoms with E-state index in [1.165, 1.54) is 0 Å². The Hall–Kier alpha value is -3.37. The Bertz CT molecular complexity index is 1220. The normalized spacial score (nSPS) is 16.9. The fourth-order valence-electron chi connectivity index (χ4n) is 4.04. The Kier molecular flexibility index (Phi) is 6.61. The lowest BCUT2D eigenvalue weighted by molar-refractivity contribution is -0.131. The van der Waals surface area contributed by atoms with E-state index in [0.29, 0.717) is 30.8 Å². The summed E-state index contributed by atoms with van der Waals surface area (Å²) in [5.74, 6) is 0.281. The first-order chi connectivity index (χ1) is 16.4. The zero-order valence-electron chi connectivity index (χ0n) is 20.1. The molecule has 0 saturated carbocycles. The number of piperidine rings is 1. The Morgan fingerprint density at radius 2 is 1.94 bits per heavy atom. The van der Waals surface area contributed by atoms with Crippen LogP contribution in [0.1, 0.15) is 51.2 Å². The van der Waals surface area contributed by atoms with Gasteiger partial charge >= 0.3 is 12.2 Å². The lowest BCUT2D eigenvalue weighted by Gasteiger charge is -2.23. The first kappa shape index (κ1) is 24.7. The van der Waals surface area contributed by atoms with Crippen molar-refractivity contribution in [2.45, 2.75) is 64.6 Å². The first-order valence-corrected chi connectivity index (χ1v) is 11.5. The van der Waals surface area contributed by atoms with Crippen molar-refractivity contribution in [3.63, 3.8) is 0 Å². The number of benzene rings is 1. The van der Waals surface area contributed by atoms with Gasteiger partial charge in [-0.1, -0.05) is 25.9 Å². The Morgan fingerprint density at radius 1 is 1.17 bits per heavy atom. The maximum Gasteiger partial charge on any atom is 0.390 e. The number of halogens is 3. The molecule has 1 aromatic carbocycles. The molecule has 1 aliphatic rings. The highest BCUT2D eigenvalue weighted by molar-refractivity contribution is 5.90. The minimum absolute atomic E-state index is 0.00283. The maximum absolute atomic E-state index is 12.6. The molecule has 2 aromatic heterocycles. The summed E-state index contributed by atoms with van der Waals surface area (Å²) in [5.41, 5.74) is 3.33. The van der Waals surface area contributed by atoms with Crippen LogP contribution >= 0.6 is 0 Å². The smallest absolute Gasteiger partial charge is 0.390 e. The number of anilines is 2. The van der Waals surface area contributed by atoms with Crippen molar-refractivity contribution in [1.29, 1.82) is 0 Å². The van der Waals surface area contributed by atoms with Gasteiger partial charge in [-0.15, -0.1) is 5.10 Å². The van der Waals surface area contributed by atoms with Crippen LogP contribution in [0.2, 0.25) is 0 Å². The molecule has 0 bridgehead atoms. The fourth-order valence-corrected chi connectivity index (χ4v) is 4.04. The highest BCUT2D eigenvalue weighted by atomic mass is 19.4. The monoisotopic (exact) mass is 490 g/mol. The summed E-state index contributed by atoms with van der Waals surface area (Å²) in [7, 11) is 0. The van der Waals surface area contributed by atoms with Crippen molar-refractivity contribution in [3.8, 4) is 11.6 Å². The minimum Gasteiger partial charge on any atom is -0.402 e. The van der Waals surface area contributed by atoms with Crippen LogP contribution in [-0.2, 0) is 10.2 Å². The second-order valence-corrected chi connectivity index (χ2v) is 9.88. The summed E-state index contributed by atoms with van der Waals surface area (Å²) in [6.07, 6.45) is -4.02. The molecule has 1 amide bonds. The number of aromatic nitrogens is 3. The van der Waals surface area contributed by atoms with Crippen LogP contribution < -0.4 is 16.0 Å². The largest absolute Gasteiger partial charge is 0.402 e. The van der Waals surface area contributed by atoms with Gasteiger partial charge in [0.1, 0.15) is 5.69 Å². The van der Waals surface area contributed by atoms with Crippen LogP contribution in [0.15, 0.2) is 22.6 Å². The molecule has 0 spiro atoms. The van der Waals surface area contributed by atoms with Gasteiger partial charge in [0.25, 0.3) is 5.89 Å². The van der Waals surface area contributed by atoms with E-state index >= 15 is 0 Å². The number of carbonyl (C=O) groups is 1. The van der Waals surface area contributed by atoms with Crippen molar-refractivity contribution < 1.29 is 22.4 Å². The van der Waals surface area contributed by atoms with Crippen molar-refractivity contribution in [3.05, 3.63) is 29.3 Å². The first-order valence-electron chi connectivity index (χ1n) is 11.5.